The fourth-order valence-corrected chi connectivity index (χ4v) is 2.67. The van der Waals surface area contributed by atoms with Crippen LogP contribution in [0, 0.1) is 18.6 Å². The smallest absolute Gasteiger partial charge is 0.335 e. The van der Waals surface area contributed by atoms with Crippen LogP contribution in [-0.4, -0.2) is 32.2 Å². The average molecular weight is 382 g/mol. The zero-order valence-electron chi connectivity index (χ0n) is 14.8. The topological polar surface area (TPSA) is 92.5 Å². The highest BCUT2D eigenvalue weighted by molar-refractivity contribution is 7.71. The highest BCUT2D eigenvalue weighted by Crippen LogP contribution is 2.19. The number of carbonyl (C=O) groups is 1. The second-order valence-corrected chi connectivity index (χ2v) is 6.37. The zero-order chi connectivity index (χ0) is 19.4. The molecule has 3 aromatic rings. The Morgan fingerprint density at radius 3 is 2.70 bits per heavy atom. The van der Waals surface area contributed by atoms with Crippen molar-refractivity contribution in [2.24, 2.45) is 5.10 Å². The number of aromatic nitrogens is 3. The molecule has 1 heterocycles. The molecule has 0 radical (unpaired) electrons. The van der Waals surface area contributed by atoms with Crippen molar-refractivity contribution >= 4 is 24.4 Å². The summed E-state index contributed by atoms with van der Waals surface area (Å²) in [5, 5.41) is 20.1. The molecule has 0 aliphatic rings. The van der Waals surface area contributed by atoms with Gasteiger partial charge in [0, 0.05) is 0 Å². The van der Waals surface area contributed by atoms with E-state index < -0.39 is 5.97 Å². The Morgan fingerprint density at radius 1 is 1.30 bits per heavy atom. The number of carboxylic acid groups (broad SMARTS) is 1. The first-order valence-corrected chi connectivity index (χ1v) is 8.59. The fourth-order valence-electron chi connectivity index (χ4n) is 2.48. The summed E-state index contributed by atoms with van der Waals surface area (Å²) >= 11 is 5.21. The predicted octanol–water partition coefficient (Wildman–Crippen LogP) is 3.72. The van der Waals surface area contributed by atoms with Crippen molar-refractivity contribution in [1.82, 2.24) is 14.9 Å². The zero-order valence-corrected chi connectivity index (χ0v) is 15.7. The van der Waals surface area contributed by atoms with Gasteiger partial charge in [0.25, 0.3) is 0 Å². The summed E-state index contributed by atoms with van der Waals surface area (Å²) < 4.78 is 7.65. The molecule has 3 rings (SSSR count). The minimum Gasteiger partial charge on any atom is -0.485 e. The highest BCUT2D eigenvalue weighted by atomic mass is 32.1. The van der Waals surface area contributed by atoms with Gasteiger partial charge in [-0.1, -0.05) is 29.8 Å². The molecule has 0 fully saturated rings. The lowest BCUT2D eigenvalue weighted by Crippen LogP contribution is -2.05. The summed E-state index contributed by atoms with van der Waals surface area (Å²) in [6.45, 7) is 4.21. The fraction of sp³-hybridized carbons (Fsp3) is 0.158. The van der Waals surface area contributed by atoms with Crippen molar-refractivity contribution in [2.75, 3.05) is 0 Å². The van der Waals surface area contributed by atoms with E-state index in [4.69, 9.17) is 22.1 Å². The van der Waals surface area contributed by atoms with Crippen LogP contribution in [-0.2, 0) is 6.61 Å². The first kappa shape index (κ1) is 18.5. The van der Waals surface area contributed by atoms with E-state index in [9.17, 15) is 4.79 Å². The van der Waals surface area contributed by atoms with Crippen LogP contribution in [0.2, 0.25) is 0 Å². The lowest BCUT2D eigenvalue weighted by molar-refractivity contribution is 0.0697. The summed E-state index contributed by atoms with van der Waals surface area (Å²) in [6.07, 6.45) is 1.58. The molecule has 7 nitrogen and oxygen atoms in total. The summed E-state index contributed by atoms with van der Waals surface area (Å²) in [6, 6.07) is 12.3. The Morgan fingerprint density at radius 2 is 2.04 bits per heavy atom. The van der Waals surface area contributed by atoms with Crippen LogP contribution in [0.4, 0.5) is 0 Å². The predicted molar refractivity (Wildman–Crippen MR) is 104 cm³/mol. The van der Waals surface area contributed by atoms with E-state index in [0.717, 1.165) is 16.9 Å². The van der Waals surface area contributed by atoms with Gasteiger partial charge in [-0.25, -0.2) is 9.89 Å². The Hall–Kier alpha value is -3.26. The molecule has 0 amide bonds. The van der Waals surface area contributed by atoms with Crippen molar-refractivity contribution in [3.63, 3.8) is 0 Å². The van der Waals surface area contributed by atoms with Crippen LogP contribution in [0.1, 0.15) is 32.9 Å². The van der Waals surface area contributed by atoms with Gasteiger partial charge in [-0.05, 0) is 55.4 Å². The molecule has 0 saturated heterocycles. The van der Waals surface area contributed by atoms with Crippen LogP contribution in [0.5, 0.6) is 5.75 Å². The summed E-state index contributed by atoms with van der Waals surface area (Å²) in [7, 11) is 0. The molecule has 138 valence electrons. The number of hydrogen-bond acceptors (Lipinski definition) is 5. The summed E-state index contributed by atoms with van der Waals surface area (Å²) in [5.74, 6) is 0.328. The van der Waals surface area contributed by atoms with E-state index in [1.54, 1.807) is 18.3 Å². The van der Waals surface area contributed by atoms with Gasteiger partial charge in [0.05, 0.1) is 11.8 Å². The molecule has 0 aliphatic carbocycles. The third-order valence-corrected chi connectivity index (χ3v) is 4.15. The number of H-pyrrole nitrogens is 1. The first-order chi connectivity index (χ1) is 12.9. The molecule has 0 atom stereocenters. The highest BCUT2D eigenvalue weighted by Gasteiger charge is 2.08. The Balaban J connectivity index is 1.76. The molecule has 2 aromatic carbocycles. The third-order valence-electron chi connectivity index (χ3n) is 3.88. The molecule has 8 heteroatoms. The number of hydrogen-bond donors (Lipinski definition) is 2. The maximum absolute atomic E-state index is 10.9. The molecule has 0 unspecified atom stereocenters. The van der Waals surface area contributed by atoms with Crippen LogP contribution in [0.3, 0.4) is 0 Å². The van der Waals surface area contributed by atoms with E-state index in [1.807, 2.05) is 32.0 Å². The second kappa shape index (κ2) is 7.96. The van der Waals surface area contributed by atoms with Crippen LogP contribution < -0.4 is 4.74 Å². The normalized spacial score (nSPS) is 11.0. The van der Waals surface area contributed by atoms with Crippen LogP contribution >= 0.6 is 12.2 Å². The molecular weight excluding hydrogens is 364 g/mol. The molecule has 2 N–H and O–H groups in total. The third kappa shape index (κ3) is 4.48. The Labute approximate surface area is 160 Å². The van der Waals surface area contributed by atoms with Gasteiger partial charge in [0.2, 0.25) is 4.77 Å². The number of nitrogens with one attached hydrogen (secondary N) is 1. The van der Waals surface area contributed by atoms with Gasteiger partial charge in [0.1, 0.15) is 12.4 Å². The number of nitrogens with zero attached hydrogens (tertiary/aromatic N) is 3. The van der Waals surface area contributed by atoms with Crippen molar-refractivity contribution in [2.45, 2.75) is 20.5 Å². The van der Waals surface area contributed by atoms with Crippen molar-refractivity contribution < 1.29 is 14.6 Å². The van der Waals surface area contributed by atoms with Crippen LogP contribution in [0.15, 0.2) is 47.6 Å². The van der Waals surface area contributed by atoms with Gasteiger partial charge < -0.3 is 9.84 Å². The lowest BCUT2D eigenvalue weighted by atomic mass is 10.1. The maximum Gasteiger partial charge on any atom is 0.335 e. The number of aromatic amines is 1. The van der Waals surface area contributed by atoms with Gasteiger partial charge in [-0.15, -0.1) is 0 Å². The van der Waals surface area contributed by atoms with Crippen LogP contribution in [0.25, 0.3) is 0 Å². The van der Waals surface area contributed by atoms with Gasteiger partial charge in [-0.2, -0.15) is 14.9 Å². The standard InChI is InChI=1S/C19H18N4O3S/c1-12-3-8-16(13(2)9-12)26-11-17-21-22-19(27)23(17)20-10-14-4-6-15(7-5-14)18(24)25/h3-10H,11H2,1-2H3,(H,22,27)(H,24,25)/b20-10-. The first-order valence-electron chi connectivity index (χ1n) is 8.18. The number of benzene rings is 2. The number of aryl methyl sites for hydroxylation is 2. The van der Waals surface area contributed by atoms with Crippen molar-refractivity contribution in [3.8, 4) is 5.75 Å². The number of aromatic carboxylic acids is 1. The molecule has 0 saturated carbocycles. The molecular formula is C19H18N4O3S. The minimum atomic E-state index is -0.971. The van der Waals surface area contributed by atoms with E-state index in [-0.39, 0.29) is 12.2 Å². The van der Waals surface area contributed by atoms with E-state index in [0.29, 0.717) is 10.6 Å². The Kier molecular flexibility index (Phi) is 5.46. The van der Waals surface area contributed by atoms with Crippen molar-refractivity contribution in [3.05, 3.63) is 75.3 Å². The number of carboxylic acids is 1. The SMILES string of the molecule is Cc1ccc(OCc2n[nH]c(=S)n2/N=C\c2ccc(C(=O)O)cc2)c(C)c1. The lowest BCUT2D eigenvalue weighted by Gasteiger charge is -2.09. The van der Waals surface area contributed by atoms with Gasteiger partial charge in [-0.3, -0.25) is 0 Å². The molecule has 0 bridgehead atoms. The largest absolute Gasteiger partial charge is 0.485 e. The average Bonchev–Trinajstić information content (AvgIpc) is 2.99. The van der Waals surface area contributed by atoms with Gasteiger partial charge >= 0.3 is 5.97 Å². The number of rotatable bonds is 6. The quantitative estimate of drug-likeness (QED) is 0.501. The monoisotopic (exact) mass is 382 g/mol. The maximum atomic E-state index is 10.9. The number of ether oxygens (including phenoxy) is 1. The molecule has 1 aromatic heterocycles. The minimum absolute atomic E-state index is 0.201. The summed E-state index contributed by atoms with van der Waals surface area (Å²) in [4.78, 5) is 10.9. The molecule has 0 spiro atoms. The van der Waals surface area contributed by atoms with Gasteiger partial charge in [0.15, 0.2) is 5.82 Å². The van der Waals surface area contributed by atoms with E-state index in [1.165, 1.54) is 22.4 Å². The van der Waals surface area contributed by atoms with E-state index >= 15 is 0 Å². The summed E-state index contributed by atoms with van der Waals surface area (Å²) in [5.41, 5.74) is 3.16. The Bertz CT molecular complexity index is 1050. The second-order valence-electron chi connectivity index (χ2n) is 5.99. The van der Waals surface area contributed by atoms with E-state index in [2.05, 4.69) is 15.3 Å². The van der Waals surface area contributed by atoms with Crippen molar-refractivity contribution in [1.29, 1.82) is 0 Å². The molecule has 27 heavy (non-hydrogen) atoms. The molecule has 0 aliphatic heterocycles.